The van der Waals surface area contributed by atoms with Gasteiger partial charge in [-0.3, -0.25) is 4.79 Å². The number of amides is 1. The third kappa shape index (κ3) is 8.05. The zero-order valence-corrected chi connectivity index (χ0v) is 13.6. The van der Waals surface area contributed by atoms with Crippen molar-refractivity contribution < 1.29 is 14.3 Å². The number of ether oxygens (including phenoxy) is 1. The minimum absolute atomic E-state index is 0.362. The van der Waals surface area contributed by atoms with Crippen LogP contribution < -0.4 is 11.1 Å². The van der Waals surface area contributed by atoms with Crippen LogP contribution in [0.25, 0.3) is 0 Å². The molecule has 5 nitrogen and oxygen atoms in total. The molecule has 1 unspecified atom stereocenters. The van der Waals surface area contributed by atoms with E-state index in [0.29, 0.717) is 43.6 Å². The van der Waals surface area contributed by atoms with Gasteiger partial charge in [0.1, 0.15) is 11.4 Å². The second-order valence-electron chi connectivity index (χ2n) is 7.04. The first-order valence-electron chi connectivity index (χ1n) is 7.98. The van der Waals surface area contributed by atoms with E-state index in [1.807, 2.05) is 20.8 Å². The van der Waals surface area contributed by atoms with Crippen LogP contribution in [0.5, 0.6) is 0 Å². The number of alkyl carbamates (subject to hydrolysis) is 1. The third-order valence-corrected chi connectivity index (χ3v) is 3.84. The van der Waals surface area contributed by atoms with Crippen molar-refractivity contribution in [3.8, 4) is 0 Å². The molecule has 5 heteroatoms. The molecule has 1 aliphatic rings. The fraction of sp³-hybridized carbons (Fsp3) is 0.875. The first-order valence-corrected chi connectivity index (χ1v) is 7.98. The molecule has 1 aliphatic carbocycles. The summed E-state index contributed by atoms with van der Waals surface area (Å²) < 4.78 is 5.24. The molecular weight excluding hydrogens is 268 g/mol. The molecule has 0 heterocycles. The summed E-state index contributed by atoms with van der Waals surface area (Å²) >= 11 is 0. The Morgan fingerprint density at radius 3 is 2.52 bits per heavy atom. The Bertz CT molecular complexity index is 340. The molecular formula is C16H30N2O3. The van der Waals surface area contributed by atoms with Crippen LogP contribution in [-0.2, 0) is 9.53 Å². The largest absolute Gasteiger partial charge is 0.444 e. The van der Waals surface area contributed by atoms with E-state index >= 15 is 0 Å². The minimum Gasteiger partial charge on any atom is -0.444 e. The molecule has 1 saturated carbocycles. The highest BCUT2D eigenvalue weighted by Gasteiger charge is 2.23. The van der Waals surface area contributed by atoms with Gasteiger partial charge >= 0.3 is 6.09 Å². The fourth-order valence-electron chi connectivity index (χ4n) is 2.79. The number of nitrogens with one attached hydrogen (secondary N) is 1. The molecule has 0 aromatic rings. The number of carbonyl (C=O) groups is 2. The van der Waals surface area contributed by atoms with Crippen molar-refractivity contribution in [1.29, 1.82) is 0 Å². The highest BCUT2D eigenvalue weighted by atomic mass is 16.6. The maximum atomic E-state index is 11.7. The lowest BCUT2D eigenvalue weighted by Crippen LogP contribution is -2.36. The van der Waals surface area contributed by atoms with Gasteiger partial charge in [-0.05, 0) is 64.8 Å². The Balaban J connectivity index is 2.35. The highest BCUT2D eigenvalue weighted by molar-refractivity contribution is 5.79. The summed E-state index contributed by atoms with van der Waals surface area (Å²) in [6, 6.07) is 0. The molecule has 122 valence electrons. The van der Waals surface area contributed by atoms with Crippen LogP contribution >= 0.6 is 0 Å². The van der Waals surface area contributed by atoms with Crippen molar-refractivity contribution in [3.63, 3.8) is 0 Å². The quantitative estimate of drug-likeness (QED) is 0.790. The smallest absolute Gasteiger partial charge is 0.407 e. The van der Waals surface area contributed by atoms with Crippen LogP contribution in [0.15, 0.2) is 0 Å². The van der Waals surface area contributed by atoms with E-state index in [1.165, 1.54) is 0 Å². The Hall–Kier alpha value is -1.10. The van der Waals surface area contributed by atoms with Crippen LogP contribution in [0, 0.1) is 11.8 Å². The molecule has 0 radical (unpaired) electrons. The average Bonchev–Trinajstić information content (AvgIpc) is 2.37. The molecule has 1 atom stereocenters. The lowest BCUT2D eigenvalue weighted by molar-refractivity contribution is -0.121. The number of nitrogens with two attached hydrogens (primary N) is 1. The highest BCUT2D eigenvalue weighted by Crippen LogP contribution is 2.28. The Labute approximate surface area is 128 Å². The molecule has 0 aliphatic heterocycles. The van der Waals surface area contributed by atoms with E-state index in [4.69, 9.17) is 10.5 Å². The van der Waals surface area contributed by atoms with Gasteiger partial charge in [0.05, 0.1) is 0 Å². The maximum Gasteiger partial charge on any atom is 0.407 e. The second kappa shape index (κ2) is 8.37. The number of hydrogen-bond donors (Lipinski definition) is 2. The predicted molar refractivity (Wildman–Crippen MR) is 83.0 cm³/mol. The van der Waals surface area contributed by atoms with Crippen LogP contribution in [0.2, 0.25) is 0 Å². The lowest BCUT2D eigenvalue weighted by atomic mass is 9.81. The normalized spacial score (nSPS) is 18.4. The molecule has 0 saturated heterocycles. The Morgan fingerprint density at radius 1 is 1.38 bits per heavy atom. The van der Waals surface area contributed by atoms with Crippen LogP contribution in [0.1, 0.15) is 59.3 Å². The monoisotopic (exact) mass is 298 g/mol. The number of hydrogen-bond acceptors (Lipinski definition) is 4. The standard InChI is InChI=1S/C16H30N2O3/c1-16(2,3)21-15(20)18-11-13(8-9-17)10-12-4-6-14(19)7-5-12/h12-13H,4-11,17H2,1-3H3,(H,18,20). The third-order valence-electron chi connectivity index (χ3n) is 3.84. The zero-order valence-electron chi connectivity index (χ0n) is 13.6. The van der Waals surface area contributed by atoms with Gasteiger partial charge in [0, 0.05) is 19.4 Å². The number of Topliss-reactive ketones (excluding diaryl/α,β-unsaturated/α-hetero) is 1. The van der Waals surface area contributed by atoms with Crippen molar-refractivity contribution in [2.75, 3.05) is 13.1 Å². The Kier molecular flexibility index (Phi) is 7.15. The van der Waals surface area contributed by atoms with Gasteiger partial charge in [-0.15, -0.1) is 0 Å². The van der Waals surface area contributed by atoms with E-state index in [0.717, 1.165) is 25.7 Å². The number of carbonyl (C=O) groups excluding carboxylic acids is 2. The molecule has 1 fully saturated rings. The molecule has 0 spiro atoms. The summed E-state index contributed by atoms with van der Waals surface area (Å²) in [6.45, 7) is 6.76. The van der Waals surface area contributed by atoms with Crippen molar-refractivity contribution >= 4 is 11.9 Å². The van der Waals surface area contributed by atoms with Gasteiger partial charge < -0.3 is 15.8 Å². The Morgan fingerprint density at radius 2 is 2.00 bits per heavy atom. The molecule has 21 heavy (non-hydrogen) atoms. The predicted octanol–water partition coefficient (Wildman–Crippen LogP) is 2.63. The summed E-state index contributed by atoms with van der Waals surface area (Å²) in [6.07, 6.45) is 4.92. The number of rotatable bonds is 6. The molecule has 3 N–H and O–H groups in total. The van der Waals surface area contributed by atoms with Gasteiger partial charge in [0.15, 0.2) is 0 Å². The van der Waals surface area contributed by atoms with E-state index in [1.54, 1.807) is 0 Å². The zero-order chi connectivity index (χ0) is 15.9. The fourth-order valence-corrected chi connectivity index (χ4v) is 2.79. The van der Waals surface area contributed by atoms with Gasteiger partial charge in [0.25, 0.3) is 0 Å². The van der Waals surface area contributed by atoms with Gasteiger partial charge in [-0.1, -0.05) is 0 Å². The van der Waals surface area contributed by atoms with Crippen LogP contribution in [0.4, 0.5) is 4.79 Å². The van der Waals surface area contributed by atoms with Crippen LogP contribution in [-0.4, -0.2) is 30.6 Å². The van der Waals surface area contributed by atoms with Gasteiger partial charge in [0.2, 0.25) is 0 Å². The summed E-state index contributed by atoms with van der Waals surface area (Å²) in [7, 11) is 0. The van der Waals surface area contributed by atoms with Crippen molar-refractivity contribution in [2.24, 2.45) is 17.6 Å². The average molecular weight is 298 g/mol. The molecule has 0 bridgehead atoms. The summed E-state index contributed by atoms with van der Waals surface area (Å²) in [5.74, 6) is 1.33. The van der Waals surface area contributed by atoms with E-state index in [9.17, 15) is 9.59 Å². The summed E-state index contributed by atoms with van der Waals surface area (Å²) in [4.78, 5) is 23.0. The van der Waals surface area contributed by atoms with Crippen molar-refractivity contribution in [2.45, 2.75) is 64.9 Å². The van der Waals surface area contributed by atoms with E-state index in [2.05, 4.69) is 5.32 Å². The maximum absolute atomic E-state index is 11.7. The SMILES string of the molecule is CC(C)(C)OC(=O)NCC(CCN)CC1CCC(=O)CC1. The second-order valence-corrected chi connectivity index (χ2v) is 7.04. The topological polar surface area (TPSA) is 81.4 Å². The van der Waals surface area contributed by atoms with Gasteiger partial charge in [-0.25, -0.2) is 4.79 Å². The van der Waals surface area contributed by atoms with Crippen molar-refractivity contribution in [3.05, 3.63) is 0 Å². The molecule has 1 amide bonds. The first-order chi connectivity index (χ1) is 9.80. The van der Waals surface area contributed by atoms with E-state index in [-0.39, 0.29) is 6.09 Å². The molecule has 0 aromatic heterocycles. The molecule has 1 rings (SSSR count). The first kappa shape index (κ1) is 18.0. The van der Waals surface area contributed by atoms with Crippen molar-refractivity contribution in [1.82, 2.24) is 5.32 Å². The van der Waals surface area contributed by atoms with Gasteiger partial charge in [-0.2, -0.15) is 0 Å². The van der Waals surface area contributed by atoms with E-state index < -0.39 is 5.60 Å². The lowest BCUT2D eigenvalue weighted by Gasteiger charge is -2.26. The molecule has 0 aromatic carbocycles. The number of ketones is 1. The summed E-state index contributed by atoms with van der Waals surface area (Å²) in [5, 5.41) is 2.84. The minimum atomic E-state index is -0.475. The van der Waals surface area contributed by atoms with Crippen LogP contribution in [0.3, 0.4) is 0 Å². The summed E-state index contributed by atoms with van der Waals surface area (Å²) in [5.41, 5.74) is 5.19.